The summed E-state index contributed by atoms with van der Waals surface area (Å²) >= 11 is 0. The molecule has 5 saturated carbocycles. The van der Waals surface area contributed by atoms with Crippen molar-refractivity contribution in [2.75, 3.05) is 0 Å². The molecule has 0 aromatic carbocycles. The van der Waals surface area contributed by atoms with Gasteiger partial charge >= 0.3 is 0 Å². The third-order valence-corrected chi connectivity index (χ3v) is 11.4. The molecule has 5 rings (SSSR count). The molecule has 0 aliphatic heterocycles. The fourth-order valence-corrected chi connectivity index (χ4v) is 8.76. The van der Waals surface area contributed by atoms with Gasteiger partial charge in [-0.1, -0.05) is 184 Å². The molecule has 0 heterocycles. The van der Waals surface area contributed by atoms with Crippen LogP contribution in [0.3, 0.4) is 0 Å². The van der Waals surface area contributed by atoms with E-state index in [1.54, 1.807) is 44.9 Å². The van der Waals surface area contributed by atoms with Gasteiger partial charge in [-0.2, -0.15) is 0 Å². The van der Waals surface area contributed by atoms with Crippen LogP contribution < -0.4 is 0 Å². The van der Waals surface area contributed by atoms with E-state index >= 15 is 0 Å². The summed E-state index contributed by atoms with van der Waals surface area (Å²) in [7, 11) is 0. The van der Waals surface area contributed by atoms with Gasteiger partial charge in [-0.25, -0.2) is 0 Å². The van der Waals surface area contributed by atoms with Crippen LogP contribution in [0.1, 0.15) is 209 Å². The van der Waals surface area contributed by atoms with Crippen molar-refractivity contribution in [3.05, 3.63) is 0 Å². The van der Waals surface area contributed by atoms with E-state index in [0.717, 1.165) is 47.3 Å². The predicted molar refractivity (Wildman–Crippen MR) is 184 cm³/mol. The van der Waals surface area contributed by atoms with Gasteiger partial charge in [-0.15, -0.1) is 0 Å². The Kier molecular flexibility index (Phi) is 23.2. The molecule has 0 saturated heterocycles. The standard InChI is InChI=1S/C22H40.2C7H14.2C2H6/c1-17-11-13-20(14-12-17)21-10-6-7-18(2)15-22(16-21)19-8-4-3-5-9-19;2*1-7-5-3-2-4-6-7;2*1-2/h17-22H,3-16H2,1-2H3;2*7H,2-6H2,1H3;2*1-2H3/t17?,18?,20?,21-,22+;;;;/m0..../s1. The topological polar surface area (TPSA) is 0 Å². The molecule has 5 fully saturated rings. The molecule has 0 heteroatoms. The normalized spacial score (nSPS) is 32.5. The highest BCUT2D eigenvalue weighted by Gasteiger charge is 2.33. The van der Waals surface area contributed by atoms with E-state index in [0.29, 0.717) is 0 Å². The Hall–Kier alpha value is 0. The maximum Gasteiger partial charge on any atom is -0.0381 e. The lowest BCUT2D eigenvalue weighted by Gasteiger charge is -2.40. The summed E-state index contributed by atoms with van der Waals surface area (Å²) in [6.07, 6.45) is 36.5. The van der Waals surface area contributed by atoms with Crippen molar-refractivity contribution in [2.45, 2.75) is 209 Å². The van der Waals surface area contributed by atoms with Gasteiger partial charge in [-0.05, 0) is 73.0 Å². The van der Waals surface area contributed by atoms with Gasteiger partial charge in [0.05, 0.1) is 0 Å². The maximum atomic E-state index is 2.54. The molecule has 3 atom stereocenters. The first-order valence-electron chi connectivity index (χ1n) is 19.5. The molecule has 0 aromatic heterocycles. The molecule has 0 amide bonds. The summed E-state index contributed by atoms with van der Waals surface area (Å²) in [6.45, 7) is 17.7. The Balaban J connectivity index is 0.000000362. The molecule has 40 heavy (non-hydrogen) atoms. The lowest BCUT2D eigenvalue weighted by atomic mass is 9.65. The first-order valence-corrected chi connectivity index (χ1v) is 19.5. The van der Waals surface area contributed by atoms with E-state index in [1.165, 1.54) is 109 Å². The lowest BCUT2D eigenvalue weighted by Crippen LogP contribution is -2.29. The van der Waals surface area contributed by atoms with Crippen LogP contribution in [-0.4, -0.2) is 0 Å². The van der Waals surface area contributed by atoms with Crippen molar-refractivity contribution in [3.8, 4) is 0 Å². The largest absolute Gasteiger partial charge is 0.0683 e. The van der Waals surface area contributed by atoms with Crippen molar-refractivity contribution in [1.29, 1.82) is 0 Å². The monoisotopic (exact) mass is 561 g/mol. The third-order valence-electron chi connectivity index (χ3n) is 11.4. The van der Waals surface area contributed by atoms with Gasteiger partial charge in [0.2, 0.25) is 0 Å². The van der Waals surface area contributed by atoms with Crippen molar-refractivity contribution in [2.24, 2.45) is 47.3 Å². The molecule has 0 bridgehead atoms. The van der Waals surface area contributed by atoms with Crippen LogP contribution in [0.5, 0.6) is 0 Å². The highest BCUT2D eigenvalue weighted by atomic mass is 14.4. The van der Waals surface area contributed by atoms with Crippen LogP contribution in [0.4, 0.5) is 0 Å². The Labute approximate surface area is 256 Å². The van der Waals surface area contributed by atoms with Crippen LogP contribution in [0, 0.1) is 47.3 Å². The fourth-order valence-electron chi connectivity index (χ4n) is 8.76. The van der Waals surface area contributed by atoms with Crippen molar-refractivity contribution in [1.82, 2.24) is 0 Å². The average molecular weight is 561 g/mol. The number of hydrogen-bond acceptors (Lipinski definition) is 0. The Morgan fingerprint density at radius 2 is 0.600 bits per heavy atom. The molecule has 5 aliphatic carbocycles. The van der Waals surface area contributed by atoms with E-state index in [-0.39, 0.29) is 0 Å². The van der Waals surface area contributed by atoms with Crippen LogP contribution in [0.2, 0.25) is 0 Å². The van der Waals surface area contributed by atoms with E-state index < -0.39 is 0 Å². The molecule has 0 spiro atoms. The van der Waals surface area contributed by atoms with Crippen LogP contribution in [0.25, 0.3) is 0 Å². The first kappa shape index (κ1) is 38.0. The van der Waals surface area contributed by atoms with E-state index in [9.17, 15) is 0 Å². The zero-order chi connectivity index (χ0) is 29.6. The van der Waals surface area contributed by atoms with Crippen molar-refractivity contribution >= 4 is 0 Å². The summed E-state index contributed by atoms with van der Waals surface area (Å²) < 4.78 is 0. The molecule has 0 aromatic rings. The first-order chi connectivity index (χ1) is 19.5. The average Bonchev–Trinajstić information content (AvgIpc) is 2.99. The van der Waals surface area contributed by atoms with Crippen LogP contribution in [0.15, 0.2) is 0 Å². The minimum absolute atomic E-state index is 0.999. The lowest BCUT2D eigenvalue weighted by molar-refractivity contribution is 0.109. The molecule has 5 aliphatic rings. The quantitative estimate of drug-likeness (QED) is 0.315. The third kappa shape index (κ3) is 16.6. The smallest absolute Gasteiger partial charge is 0.0381 e. The van der Waals surface area contributed by atoms with E-state index in [1.807, 2.05) is 27.7 Å². The predicted octanol–water partition coefficient (Wildman–Crippen LogP) is 14.5. The summed E-state index contributed by atoms with van der Waals surface area (Å²) in [4.78, 5) is 0. The number of rotatable bonds is 2. The molecular weight excluding hydrogens is 480 g/mol. The van der Waals surface area contributed by atoms with Gasteiger partial charge < -0.3 is 0 Å². The second kappa shape index (κ2) is 24.4. The minimum Gasteiger partial charge on any atom is -0.0683 e. The summed E-state index contributed by atoms with van der Waals surface area (Å²) in [5.74, 6) is 8.45. The Morgan fingerprint density at radius 3 is 1.02 bits per heavy atom. The molecule has 1 unspecified atom stereocenters. The van der Waals surface area contributed by atoms with E-state index in [2.05, 4.69) is 27.7 Å². The molecule has 0 N–H and O–H groups in total. The van der Waals surface area contributed by atoms with Gasteiger partial charge in [-0.3, -0.25) is 0 Å². The Bertz CT molecular complexity index is 494. The second-order valence-electron chi connectivity index (χ2n) is 14.9. The zero-order valence-corrected chi connectivity index (χ0v) is 29.6. The van der Waals surface area contributed by atoms with Crippen LogP contribution >= 0.6 is 0 Å². The Morgan fingerprint density at radius 1 is 0.250 bits per heavy atom. The fraction of sp³-hybridized carbons (Fsp3) is 1.00. The van der Waals surface area contributed by atoms with Gasteiger partial charge in [0.15, 0.2) is 0 Å². The summed E-state index contributed by atoms with van der Waals surface area (Å²) in [6, 6.07) is 0. The highest BCUT2D eigenvalue weighted by molar-refractivity contribution is 4.84. The number of hydrogen-bond donors (Lipinski definition) is 0. The molecule has 0 radical (unpaired) electrons. The zero-order valence-electron chi connectivity index (χ0n) is 29.6. The summed E-state index contributed by atoms with van der Waals surface area (Å²) in [5.41, 5.74) is 0. The SMILES string of the molecule is CC.CC.CC1CCC([C@H]2CCCC(C)C[C@@H](C3CCCCC3)C2)CC1.CC1CCCCC1.CC1CCCCC1. The second-order valence-corrected chi connectivity index (χ2v) is 14.9. The van der Waals surface area contributed by atoms with Gasteiger partial charge in [0.1, 0.15) is 0 Å². The van der Waals surface area contributed by atoms with Gasteiger partial charge in [0.25, 0.3) is 0 Å². The molecule has 0 nitrogen and oxygen atoms in total. The van der Waals surface area contributed by atoms with Gasteiger partial charge in [0, 0.05) is 0 Å². The van der Waals surface area contributed by atoms with Crippen molar-refractivity contribution in [3.63, 3.8) is 0 Å². The van der Waals surface area contributed by atoms with E-state index in [4.69, 9.17) is 0 Å². The molecular formula is C40H80. The van der Waals surface area contributed by atoms with Crippen molar-refractivity contribution < 1.29 is 0 Å². The summed E-state index contributed by atoms with van der Waals surface area (Å²) in [5, 5.41) is 0. The maximum absolute atomic E-state index is 2.54. The van der Waals surface area contributed by atoms with Crippen LogP contribution in [-0.2, 0) is 0 Å². The minimum atomic E-state index is 0.999. The highest BCUT2D eigenvalue weighted by Crippen LogP contribution is 2.45. The molecule has 240 valence electrons.